The predicted octanol–water partition coefficient (Wildman–Crippen LogP) is 1.19. The lowest BCUT2D eigenvalue weighted by Crippen LogP contribution is -2.51. The molecule has 1 aliphatic rings. The third kappa shape index (κ3) is 3.64. The summed E-state index contributed by atoms with van der Waals surface area (Å²) in [7, 11) is -0.805. The number of hydrogen-bond acceptors (Lipinski definition) is 5. The highest BCUT2D eigenvalue weighted by molar-refractivity contribution is 7.89. The summed E-state index contributed by atoms with van der Waals surface area (Å²) in [5.74, 6) is 0.678. The number of amides is 1. The zero-order chi connectivity index (χ0) is 17.9. The third-order valence-electron chi connectivity index (χ3n) is 4.03. The number of rotatable bonds is 5. The van der Waals surface area contributed by atoms with Gasteiger partial charge in [0.05, 0.1) is 14.2 Å². The van der Waals surface area contributed by atoms with Gasteiger partial charge in [-0.05, 0) is 12.1 Å². The first-order valence-corrected chi connectivity index (χ1v) is 9.26. The maximum absolute atomic E-state index is 12.9. The first kappa shape index (κ1) is 18.5. The van der Waals surface area contributed by atoms with Gasteiger partial charge in [-0.1, -0.05) is 13.8 Å². The Labute approximate surface area is 143 Å². The van der Waals surface area contributed by atoms with Gasteiger partial charge < -0.3 is 14.4 Å². The van der Waals surface area contributed by atoms with E-state index in [2.05, 4.69) is 0 Å². The van der Waals surface area contributed by atoms with Crippen molar-refractivity contribution in [2.75, 3.05) is 40.4 Å². The molecule has 1 saturated heterocycles. The van der Waals surface area contributed by atoms with Gasteiger partial charge >= 0.3 is 0 Å². The molecule has 2 rings (SSSR count). The number of methoxy groups -OCH3 is 2. The molecule has 134 valence electrons. The van der Waals surface area contributed by atoms with Crippen molar-refractivity contribution in [3.8, 4) is 11.5 Å². The average Bonchev–Trinajstić information content (AvgIpc) is 2.60. The van der Waals surface area contributed by atoms with Crippen LogP contribution in [0.25, 0.3) is 0 Å². The molecule has 1 amide bonds. The van der Waals surface area contributed by atoms with E-state index in [-0.39, 0.29) is 35.6 Å². The molecule has 1 heterocycles. The Balaban J connectivity index is 2.22. The summed E-state index contributed by atoms with van der Waals surface area (Å²) in [5, 5.41) is 0. The molecule has 0 atom stereocenters. The van der Waals surface area contributed by atoms with Gasteiger partial charge in [0.2, 0.25) is 15.9 Å². The molecule has 0 bridgehead atoms. The molecular formula is C16H24N2O5S. The summed E-state index contributed by atoms with van der Waals surface area (Å²) < 4.78 is 37.6. The van der Waals surface area contributed by atoms with E-state index in [1.807, 2.05) is 13.8 Å². The molecule has 0 spiro atoms. The fourth-order valence-electron chi connectivity index (χ4n) is 2.64. The molecule has 1 aromatic carbocycles. The summed E-state index contributed by atoms with van der Waals surface area (Å²) in [6.07, 6.45) is 0. The van der Waals surface area contributed by atoms with E-state index in [0.29, 0.717) is 18.8 Å². The number of piperazine rings is 1. The summed E-state index contributed by atoms with van der Waals surface area (Å²) in [4.78, 5) is 13.8. The van der Waals surface area contributed by atoms with Gasteiger partial charge in [0.15, 0.2) is 0 Å². The molecule has 0 aliphatic carbocycles. The molecule has 7 nitrogen and oxygen atoms in total. The second kappa shape index (κ2) is 7.40. The third-order valence-corrected chi connectivity index (χ3v) is 5.95. The van der Waals surface area contributed by atoms with Gasteiger partial charge in [-0.15, -0.1) is 0 Å². The normalized spacial score (nSPS) is 16.3. The maximum atomic E-state index is 12.9. The Kier molecular flexibility index (Phi) is 5.71. The molecule has 24 heavy (non-hydrogen) atoms. The van der Waals surface area contributed by atoms with Crippen molar-refractivity contribution in [3.63, 3.8) is 0 Å². The summed E-state index contributed by atoms with van der Waals surface area (Å²) in [5.41, 5.74) is 0. The summed E-state index contributed by atoms with van der Waals surface area (Å²) >= 11 is 0. The first-order chi connectivity index (χ1) is 11.3. The minimum atomic E-state index is -3.72. The quantitative estimate of drug-likeness (QED) is 0.792. The van der Waals surface area contributed by atoms with Crippen LogP contribution in [0.5, 0.6) is 11.5 Å². The maximum Gasteiger partial charge on any atom is 0.247 e. The molecular weight excluding hydrogens is 332 g/mol. The molecule has 0 N–H and O–H groups in total. The predicted molar refractivity (Wildman–Crippen MR) is 89.7 cm³/mol. The molecule has 1 aromatic rings. The largest absolute Gasteiger partial charge is 0.497 e. The number of carbonyl (C=O) groups excluding carboxylic acids is 1. The Hall–Kier alpha value is -1.80. The standard InChI is InChI=1S/C16H24N2O5S/c1-12(2)16(19)17-7-9-18(10-8-17)24(20,21)15-11-13(22-3)5-6-14(15)23-4/h5-6,11-12H,7-10H2,1-4H3. The van der Waals surface area contributed by atoms with Crippen LogP contribution in [0.3, 0.4) is 0 Å². The second-order valence-electron chi connectivity index (χ2n) is 5.90. The van der Waals surface area contributed by atoms with Crippen LogP contribution in [0.2, 0.25) is 0 Å². The average molecular weight is 356 g/mol. The SMILES string of the molecule is COc1ccc(OC)c(S(=O)(=O)N2CCN(C(=O)C(C)C)CC2)c1. The van der Waals surface area contributed by atoms with E-state index in [1.165, 1.54) is 24.6 Å². The Morgan fingerprint density at radius 3 is 2.21 bits per heavy atom. The van der Waals surface area contributed by atoms with Crippen molar-refractivity contribution in [1.29, 1.82) is 0 Å². The van der Waals surface area contributed by atoms with E-state index in [0.717, 1.165) is 0 Å². The lowest BCUT2D eigenvalue weighted by Gasteiger charge is -2.35. The van der Waals surface area contributed by atoms with Gasteiger partial charge in [0.1, 0.15) is 16.4 Å². The van der Waals surface area contributed by atoms with Gasteiger partial charge in [0.25, 0.3) is 0 Å². The van der Waals surface area contributed by atoms with Crippen LogP contribution in [0.15, 0.2) is 23.1 Å². The topological polar surface area (TPSA) is 76.2 Å². The molecule has 1 aliphatic heterocycles. The lowest BCUT2D eigenvalue weighted by molar-refractivity contribution is -0.135. The minimum absolute atomic E-state index is 0.0472. The first-order valence-electron chi connectivity index (χ1n) is 7.82. The van der Waals surface area contributed by atoms with E-state index < -0.39 is 10.0 Å². The van der Waals surface area contributed by atoms with E-state index in [9.17, 15) is 13.2 Å². The van der Waals surface area contributed by atoms with Crippen LogP contribution in [-0.4, -0.2) is 63.9 Å². The highest BCUT2D eigenvalue weighted by Crippen LogP contribution is 2.31. The summed E-state index contributed by atoms with van der Waals surface area (Å²) in [6, 6.07) is 4.68. The Morgan fingerprint density at radius 2 is 1.71 bits per heavy atom. The molecule has 1 fully saturated rings. The van der Waals surface area contributed by atoms with Crippen LogP contribution in [0.1, 0.15) is 13.8 Å². The van der Waals surface area contributed by atoms with Crippen LogP contribution >= 0.6 is 0 Å². The highest BCUT2D eigenvalue weighted by atomic mass is 32.2. The van der Waals surface area contributed by atoms with Crippen LogP contribution in [0.4, 0.5) is 0 Å². The number of sulfonamides is 1. The molecule has 0 unspecified atom stereocenters. The lowest BCUT2D eigenvalue weighted by atomic mass is 10.2. The number of hydrogen-bond donors (Lipinski definition) is 0. The van der Waals surface area contributed by atoms with E-state index in [4.69, 9.17) is 9.47 Å². The number of ether oxygens (including phenoxy) is 2. The molecule has 8 heteroatoms. The number of benzene rings is 1. The van der Waals surface area contributed by atoms with Gasteiger partial charge in [-0.3, -0.25) is 4.79 Å². The zero-order valence-corrected chi connectivity index (χ0v) is 15.3. The van der Waals surface area contributed by atoms with Gasteiger partial charge in [-0.25, -0.2) is 8.42 Å². The molecule has 0 saturated carbocycles. The van der Waals surface area contributed by atoms with Gasteiger partial charge in [0, 0.05) is 38.2 Å². The Bertz CT molecular complexity index is 694. The second-order valence-corrected chi connectivity index (χ2v) is 7.81. The highest BCUT2D eigenvalue weighted by Gasteiger charge is 2.32. The van der Waals surface area contributed by atoms with E-state index >= 15 is 0 Å². The Morgan fingerprint density at radius 1 is 1.08 bits per heavy atom. The minimum Gasteiger partial charge on any atom is -0.497 e. The summed E-state index contributed by atoms with van der Waals surface area (Å²) in [6.45, 7) is 4.99. The zero-order valence-electron chi connectivity index (χ0n) is 14.5. The van der Waals surface area contributed by atoms with Gasteiger partial charge in [-0.2, -0.15) is 4.31 Å². The van der Waals surface area contributed by atoms with Crippen molar-refractivity contribution in [3.05, 3.63) is 18.2 Å². The number of nitrogens with zero attached hydrogens (tertiary/aromatic N) is 2. The van der Waals surface area contributed by atoms with Crippen LogP contribution in [0, 0.1) is 5.92 Å². The van der Waals surface area contributed by atoms with Crippen LogP contribution < -0.4 is 9.47 Å². The van der Waals surface area contributed by atoms with Crippen LogP contribution in [-0.2, 0) is 14.8 Å². The molecule has 0 aromatic heterocycles. The smallest absolute Gasteiger partial charge is 0.247 e. The van der Waals surface area contributed by atoms with Crippen molar-refractivity contribution in [1.82, 2.24) is 9.21 Å². The van der Waals surface area contributed by atoms with E-state index in [1.54, 1.807) is 17.0 Å². The number of carbonyl (C=O) groups is 1. The molecule has 0 radical (unpaired) electrons. The van der Waals surface area contributed by atoms with Crippen molar-refractivity contribution < 1.29 is 22.7 Å². The fraction of sp³-hybridized carbons (Fsp3) is 0.562. The van der Waals surface area contributed by atoms with Crippen molar-refractivity contribution in [2.45, 2.75) is 18.7 Å². The van der Waals surface area contributed by atoms with Crippen molar-refractivity contribution in [2.24, 2.45) is 5.92 Å². The monoisotopic (exact) mass is 356 g/mol. The van der Waals surface area contributed by atoms with Crippen molar-refractivity contribution >= 4 is 15.9 Å². The fourth-order valence-corrected chi connectivity index (χ4v) is 4.23.